The van der Waals surface area contributed by atoms with Crippen LogP contribution < -0.4 is 5.32 Å². The van der Waals surface area contributed by atoms with E-state index in [1.807, 2.05) is 12.1 Å². The Labute approximate surface area is 180 Å². The zero-order valence-corrected chi connectivity index (χ0v) is 17.0. The van der Waals surface area contributed by atoms with Crippen LogP contribution in [0.2, 0.25) is 0 Å². The first-order valence-electron chi connectivity index (χ1n) is 9.25. The molecule has 10 heteroatoms. The van der Waals surface area contributed by atoms with E-state index in [2.05, 4.69) is 15.5 Å². The highest BCUT2D eigenvalue weighted by Gasteiger charge is 2.22. The molecule has 1 unspecified atom stereocenters. The van der Waals surface area contributed by atoms with E-state index in [9.17, 15) is 19.3 Å². The summed E-state index contributed by atoms with van der Waals surface area (Å²) in [6, 6.07) is 14.9. The molecule has 2 aromatic carbocycles. The van der Waals surface area contributed by atoms with Crippen LogP contribution in [0.5, 0.6) is 0 Å². The van der Waals surface area contributed by atoms with E-state index >= 15 is 0 Å². The minimum Gasteiger partial charge on any atom is -0.342 e. The molecule has 1 atom stereocenters. The van der Waals surface area contributed by atoms with E-state index in [0.717, 1.165) is 11.8 Å². The number of pyridine rings is 1. The number of halogens is 1. The highest BCUT2D eigenvalue weighted by molar-refractivity contribution is 7.99. The number of fused-ring (bicyclic) bond motifs is 1. The maximum atomic E-state index is 14.1. The summed E-state index contributed by atoms with van der Waals surface area (Å²) in [6.45, 7) is 1.74. The lowest BCUT2D eigenvalue weighted by molar-refractivity contribution is -0.384. The summed E-state index contributed by atoms with van der Waals surface area (Å²) in [7, 11) is 0. The molecule has 8 nitrogen and oxygen atoms in total. The summed E-state index contributed by atoms with van der Waals surface area (Å²) in [5, 5.41) is 22.2. The van der Waals surface area contributed by atoms with Crippen molar-refractivity contribution >= 4 is 29.0 Å². The lowest BCUT2D eigenvalue weighted by Gasteiger charge is -2.14. The first-order chi connectivity index (χ1) is 14.9. The number of aromatic nitrogens is 3. The van der Waals surface area contributed by atoms with Gasteiger partial charge in [0.1, 0.15) is 5.82 Å². The van der Waals surface area contributed by atoms with Gasteiger partial charge in [-0.05, 0) is 37.3 Å². The standard InChI is InChI=1S/C21H16FN5O3S/c1-13(20-25-24-19-8-4-5-11-26(19)20)23-21(28)15-12-14(27(29)30)9-10-17(15)31-18-7-3-2-6-16(18)22/h2-13H,1H3,(H,23,28). The number of rotatable bonds is 6. The third-order valence-electron chi connectivity index (χ3n) is 4.55. The van der Waals surface area contributed by atoms with Gasteiger partial charge in [-0.15, -0.1) is 10.2 Å². The predicted molar refractivity (Wildman–Crippen MR) is 112 cm³/mol. The van der Waals surface area contributed by atoms with E-state index < -0.39 is 22.7 Å². The Bertz CT molecular complexity index is 1290. The second-order valence-corrected chi connectivity index (χ2v) is 7.74. The maximum absolute atomic E-state index is 14.1. The lowest BCUT2D eigenvalue weighted by Crippen LogP contribution is -2.28. The highest BCUT2D eigenvalue weighted by atomic mass is 32.2. The second-order valence-electron chi connectivity index (χ2n) is 6.65. The minimum atomic E-state index is -0.580. The normalized spacial score (nSPS) is 11.9. The Morgan fingerprint density at radius 3 is 2.68 bits per heavy atom. The van der Waals surface area contributed by atoms with Gasteiger partial charge in [-0.1, -0.05) is 30.0 Å². The van der Waals surface area contributed by atoms with E-state index in [1.54, 1.807) is 41.8 Å². The van der Waals surface area contributed by atoms with Crippen molar-refractivity contribution in [2.75, 3.05) is 0 Å². The van der Waals surface area contributed by atoms with Crippen molar-refractivity contribution in [1.82, 2.24) is 19.9 Å². The van der Waals surface area contributed by atoms with Gasteiger partial charge in [0.2, 0.25) is 0 Å². The number of carbonyl (C=O) groups is 1. The Morgan fingerprint density at radius 1 is 1.13 bits per heavy atom. The fourth-order valence-electron chi connectivity index (χ4n) is 3.04. The molecule has 0 aliphatic heterocycles. The smallest absolute Gasteiger partial charge is 0.270 e. The number of carbonyl (C=O) groups excluding carboxylic acids is 1. The van der Waals surface area contributed by atoms with Crippen LogP contribution in [0, 0.1) is 15.9 Å². The van der Waals surface area contributed by atoms with Crippen molar-refractivity contribution in [3.8, 4) is 0 Å². The average Bonchev–Trinajstić information content (AvgIpc) is 3.19. The fraction of sp³-hybridized carbons (Fsp3) is 0.0952. The third kappa shape index (κ3) is 4.24. The summed E-state index contributed by atoms with van der Waals surface area (Å²) >= 11 is 1.03. The number of nitrogens with one attached hydrogen (secondary N) is 1. The zero-order chi connectivity index (χ0) is 22.0. The molecule has 0 spiro atoms. The van der Waals surface area contributed by atoms with Crippen molar-refractivity contribution in [2.24, 2.45) is 0 Å². The van der Waals surface area contributed by atoms with Gasteiger partial charge in [-0.2, -0.15) is 0 Å². The van der Waals surface area contributed by atoms with E-state index in [1.165, 1.54) is 24.3 Å². The van der Waals surface area contributed by atoms with Crippen LogP contribution in [0.3, 0.4) is 0 Å². The average molecular weight is 437 g/mol. The van der Waals surface area contributed by atoms with Gasteiger partial charge in [0.25, 0.3) is 11.6 Å². The van der Waals surface area contributed by atoms with E-state index in [-0.39, 0.29) is 11.3 Å². The summed E-state index contributed by atoms with van der Waals surface area (Å²) in [5.41, 5.74) is 0.469. The molecule has 156 valence electrons. The van der Waals surface area contributed by atoms with Crippen LogP contribution >= 0.6 is 11.8 Å². The molecular formula is C21H16FN5O3S. The number of nitro groups is 1. The molecule has 0 aliphatic rings. The maximum Gasteiger partial charge on any atom is 0.270 e. The fourth-order valence-corrected chi connectivity index (χ4v) is 3.98. The Balaban J connectivity index is 1.66. The largest absolute Gasteiger partial charge is 0.342 e. The number of hydrogen-bond acceptors (Lipinski definition) is 6. The molecule has 2 heterocycles. The predicted octanol–water partition coefficient (Wildman–Crippen LogP) is 4.42. The molecule has 0 saturated carbocycles. The first-order valence-corrected chi connectivity index (χ1v) is 10.1. The van der Waals surface area contributed by atoms with Gasteiger partial charge in [-0.3, -0.25) is 19.3 Å². The number of benzene rings is 2. The number of amides is 1. The van der Waals surface area contributed by atoms with Crippen molar-refractivity contribution < 1.29 is 14.1 Å². The number of hydrogen-bond donors (Lipinski definition) is 1. The van der Waals surface area contributed by atoms with Crippen LogP contribution in [-0.2, 0) is 0 Å². The highest BCUT2D eigenvalue weighted by Crippen LogP contribution is 2.34. The van der Waals surface area contributed by atoms with Crippen molar-refractivity contribution in [3.05, 3.63) is 94.2 Å². The molecule has 0 radical (unpaired) electrons. The molecule has 2 aromatic heterocycles. The van der Waals surface area contributed by atoms with E-state index in [0.29, 0.717) is 21.3 Å². The molecule has 0 bridgehead atoms. The van der Waals surface area contributed by atoms with Crippen LogP contribution in [0.25, 0.3) is 5.65 Å². The van der Waals surface area contributed by atoms with Crippen molar-refractivity contribution in [3.63, 3.8) is 0 Å². The van der Waals surface area contributed by atoms with Gasteiger partial charge in [0.15, 0.2) is 11.5 Å². The SMILES string of the molecule is CC(NC(=O)c1cc([N+](=O)[O-])ccc1Sc1ccccc1F)c1nnc2ccccn12. The Hall–Kier alpha value is -3.79. The topological polar surface area (TPSA) is 102 Å². The quantitative estimate of drug-likeness (QED) is 0.354. The Morgan fingerprint density at radius 2 is 1.90 bits per heavy atom. The molecule has 1 N–H and O–H groups in total. The van der Waals surface area contributed by atoms with Gasteiger partial charge >= 0.3 is 0 Å². The van der Waals surface area contributed by atoms with Gasteiger partial charge in [-0.25, -0.2) is 4.39 Å². The van der Waals surface area contributed by atoms with Crippen LogP contribution in [-0.4, -0.2) is 25.4 Å². The summed E-state index contributed by atoms with van der Waals surface area (Å²) in [6.07, 6.45) is 1.78. The van der Waals surface area contributed by atoms with Crippen LogP contribution in [0.15, 0.2) is 76.7 Å². The summed E-state index contributed by atoms with van der Waals surface area (Å²) in [4.78, 5) is 24.4. The molecule has 0 fully saturated rings. The first kappa shape index (κ1) is 20.5. The summed E-state index contributed by atoms with van der Waals surface area (Å²) in [5.74, 6) is -0.471. The second kappa shape index (κ2) is 8.52. The van der Waals surface area contributed by atoms with Gasteiger partial charge < -0.3 is 5.32 Å². The number of nitrogens with zero attached hydrogens (tertiary/aromatic N) is 4. The lowest BCUT2D eigenvalue weighted by atomic mass is 10.1. The molecule has 0 saturated heterocycles. The monoisotopic (exact) mass is 437 g/mol. The van der Waals surface area contributed by atoms with E-state index in [4.69, 9.17) is 0 Å². The number of nitro benzene ring substituents is 1. The van der Waals surface area contributed by atoms with Gasteiger partial charge in [0, 0.05) is 28.1 Å². The summed E-state index contributed by atoms with van der Waals surface area (Å²) < 4.78 is 15.9. The van der Waals surface area contributed by atoms with Crippen LogP contribution in [0.4, 0.5) is 10.1 Å². The molecule has 0 aliphatic carbocycles. The Kier molecular flexibility index (Phi) is 5.63. The molecule has 4 aromatic rings. The van der Waals surface area contributed by atoms with Crippen LogP contribution in [0.1, 0.15) is 29.1 Å². The molecular weight excluding hydrogens is 421 g/mol. The zero-order valence-electron chi connectivity index (χ0n) is 16.2. The third-order valence-corrected chi connectivity index (χ3v) is 5.68. The minimum absolute atomic E-state index is 0.0723. The van der Waals surface area contributed by atoms with Gasteiger partial charge in [0.05, 0.1) is 16.5 Å². The number of non-ortho nitro benzene ring substituents is 1. The van der Waals surface area contributed by atoms with Crippen molar-refractivity contribution in [2.45, 2.75) is 22.8 Å². The van der Waals surface area contributed by atoms with Crippen molar-refractivity contribution in [1.29, 1.82) is 0 Å². The molecule has 31 heavy (non-hydrogen) atoms. The molecule has 1 amide bonds. The molecule has 4 rings (SSSR count).